The average Bonchev–Trinajstić information content (AvgIpc) is 2.93. The Morgan fingerprint density at radius 2 is 1.96 bits per heavy atom. The van der Waals surface area contributed by atoms with Gasteiger partial charge in [0.1, 0.15) is 5.69 Å². The zero-order valence-electron chi connectivity index (χ0n) is 16.1. The first-order valence-electron chi connectivity index (χ1n) is 9.12. The van der Waals surface area contributed by atoms with Gasteiger partial charge in [0, 0.05) is 43.2 Å². The summed E-state index contributed by atoms with van der Waals surface area (Å²) in [6.07, 6.45) is 0. The van der Waals surface area contributed by atoms with Crippen molar-refractivity contribution in [3.63, 3.8) is 0 Å². The first kappa shape index (κ1) is 19.1. The number of fused-ring (bicyclic) bond motifs is 1. The van der Waals surface area contributed by atoms with Gasteiger partial charge in [-0.25, -0.2) is 4.79 Å². The fourth-order valence-electron chi connectivity index (χ4n) is 3.46. The fraction of sp³-hybridized carbons (Fsp3) is 0.318. The normalized spacial score (nSPS) is 11.2. The third-order valence-electron chi connectivity index (χ3n) is 4.90. The SMILES string of the molecule is COCCNCc1c(C(=O)O)n(Cc2ccccc2C)c2cc(C)ccc12. The van der Waals surface area contributed by atoms with Gasteiger partial charge in [-0.15, -0.1) is 0 Å². The number of hydrogen-bond acceptors (Lipinski definition) is 3. The number of carbonyl (C=O) groups is 1. The van der Waals surface area contributed by atoms with Gasteiger partial charge in [0.05, 0.1) is 6.61 Å². The quantitative estimate of drug-likeness (QED) is 0.596. The summed E-state index contributed by atoms with van der Waals surface area (Å²) in [6.45, 7) is 6.37. The standard InChI is InChI=1S/C22H26N2O3/c1-15-8-9-18-19(13-23-10-11-27-3)21(22(25)26)24(20(18)12-15)14-17-7-5-4-6-16(17)2/h4-9,12,23H,10-11,13-14H2,1-3H3,(H,25,26). The van der Waals surface area contributed by atoms with Crippen molar-refractivity contribution in [2.24, 2.45) is 0 Å². The molecule has 0 aliphatic carbocycles. The molecular formula is C22H26N2O3. The van der Waals surface area contributed by atoms with E-state index in [1.165, 1.54) is 0 Å². The summed E-state index contributed by atoms with van der Waals surface area (Å²) in [5.74, 6) is -0.902. The number of ether oxygens (including phenoxy) is 1. The number of aromatic nitrogens is 1. The Hall–Kier alpha value is -2.63. The maximum atomic E-state index is 12.2. The lowest BCUT2D eigenvalue weighted by atomic mass is 10.1. The van der Waals surface area contributed by atoms with Gasteiger partial charge in [-0.1, -0.05) is 36.4 Å². The van der Waals surface area contributed by atoms with E-state index in [2.05, 4.69) is 30.4 Å². The summed E-state index contributed by atoms with van der Waals surface area (Å²) >= 11 is 0. The van der Waals surface area contributed by atoms with Gasteiger partial charge < -0.3 is 19.7 Å². The number of nitrogens with zero attached hydrogens (tertiary/aromatic N) is 1. The van der Waals surface area contributed by atoms with Gasteiger partial charge in [0.25, 0.3) is 0 Å². The largest absolute Gasteiger partial charge is 0.477 e. The molecule has 0 aliphatic rings. The third kappa shape index (κ3) is 4.04. The molecule has 2 N–H and O–H groups in total. The molecule has 0 radical (unpaired) electrons. The van der Waals surface area contributed by atoms with Crippen LogP contribution < -0.4 is 5.32 Å². The zero-order chi connectivity index (χ0) is 19.4. The molecule has 0 atom stereocenters. The Labute approximate surface area is 159 Å². The predicted molar refractivity (Wildman–Crippen MR) is 107 cm³/mol. The molecule has 142 valence electrons. The summed E-state index contributed by atoms with van der Waals surface area (Å²) in [5, 5.41) is 14.3. The molecule has 0 bridgehead atoms. The van der Waals surface area contributed by atoms with E-state index in [0.29, 0.717) is 31.9 Å². The van der Waals surface area contributed by atoms with Crippen molar-refractivity contribution >= 4 is 16.9 Å². The molecule has 5 heteroatoms. The first-order chi connectivity index (χ1) is 13.0. The Kier molecular flexibility index (Phi) is 5.94. The van der Waals surface area contributed by atoms with Crippen molar-refractivity contribution in [2.45, 2.75) is 26.9 Å². The molecule has 1 heterocycles. The van der Waals surface area contributed by atoms with E-state index in [1.54, 1.807) is 7.11 Å². The van der Waals surface area contributed by atoms with Gasteiger partial charge in [-0.2, -0.15) is 0 Å². The highest BCUT2D eigenvalue weighted by atomic mass is 16.5. The van der Waals surface area contributed by atoms with Gasteiger partial charge >= 0.3 is 5.97 Å². The minimum absolute atomic E-state index is 0.351. The van der Waals surface area contributed by atoms with Crippen LogP contribution >= 0.6 is 0 Å². The van der Waals surface area contributed by atoms with Crippen molar-refractivity contribution in [1.82, 2.24) is 9.88 Å². The summed E-state index contributed by atoms with van der Waals surface area (Å²) in [4.78, 5) is 12.2. The predicted octanol–water partition coefficient (Wildman–Crippen LogP) is 3.74. The van der Waals surface area contributed by atoms with Crippen LogP contribution in [0, 0.1) is 13.8 Å². The van der Waals surface area contributed by atoms with Gasteiger partial charge in [0.2, 0.25) is 0 Å². The lowest BCUT2D eigenvalue weighted by molar-refractivity contribution is 0.0684. The second-order valence-electron chi connectivity index (χ2n) is 6.84. The van der Waals surface area contributed by atoms with Crippen molar-refractivity contribution in [1.29, 1.82) is 0 Å². The smallest absolute Gasteiger partial charge is 0.352 e. The lowest BCUT2D eigenvalue weighted by Gasteiger charge is -2.12. The second-order valence-corrected chi connectivity index (χ2v) is 6.84. The Morgan fingerprint density at radius 3 is 2.67 bits per heavy atom. The van der Waals surface area contributed by atoms with E-state index >= 15 is 0 Å². The molecule has 0 saturated heterocycles. The van der Waals surface area contributed by atoms with Crippen molar-refractivity contribution in [3.8, 4) is 0 Å². The molecule has 0 aliphatic heterocycles. The highest BCUT2D eigenvalue weighted by molar-refractivity contribution is 5.98. The van der Waals surface area contributed by atoms with Crippen LogP contribution in [-0.2, 0) is 17.8 Å². The van der Waals surface area contributed by atoms with Crippen LogP contribution in [0.3, 0.4) is 0 Å². The molecular weight excluding hydrogens is 340 g/mol. The van der Waals surface area contributed by atoms with E-state index in [4.69, 9.17) is 4.74 Å². The van der Waals surface area contributed by atoms with Crippen molar-refractivity contribution < 1.29 is 14.6 Å². The van der Waals surface area contributed by atoms with E-state index in [0.717, 1.165) is 33.2 Å². The average molecular weight is 366 g/mol. The van der Waals surface area contributed by atoms with Gasteiger partial charge in [-0.3, -0.25) is 0 Å². The molecule has 3 aromatic rings. The van der Waals surface area contributed by atoms with E-state index in [1.807, 2.05) is 35.8 Å². The number of carboxylic acid groups (broad SMARTS) is 1. The lowest BCUT2D eigenvalue weighted by Crippen LogP contribution is -2.20. The van der Waals surface area contributed by atoms with E-state index < -0.39 is 5.97 Å². The van der Waals surface area contributed by atoms with Crippen LogP contribution in [0.15, 0.2) is 42.5 Å². The summed E-state index contributed by atoms with van der Waals surface area (Å²) in [6, 6.07) is 14.2. The number of aryl methyl sites for hydroxylation is 2. The maximum absolute atomic E-state index is 12.2. The number of methoxy groups -OCH3 is 1. The molecule has 0 unspecified atom stereocenters. The molecule has 0 spiro atoms. The van der Waals surface area contributed by atoms with Crippen LogP contribution in [0.5, 0.6) is 0 Å². The number of rotatable bonds is 8. The first-order valence-corrected chi connectivity index (χ1v) is 9.12. The van der Waals surface area contributed by atoms with Crippen LogP contribution in [0.1, 0.15) is 32.7 Å². The van der Waals surface area contributed by atoms with E-state index in [9.17, 15) is 9.90 Å². The molecule has 3 rings (SSSR count). The molecule has 0 fully saturated rings. The second kappa shape index (κ2) is 8.37. The monoisotopic (exact) mass is 366 g/mol. The molecule has 5 nitrogen and oxygen atoms in total. The van der Waals surface area contributed by atoms with Crippen LogP contribution in [-0.4, -0.2) is 35.9 Å². The Morgan fingerprint density at radius 1 is 1.19 bits per heavy atom. The van der Waals surface area contributed by atoms with Crippen LogP contribution in [0.4, 0.5) is 0 Å². The van der Waals surface area contributed by atoms with Crippen molar-refractivity contribution in [2.75, 3.05) is 20.3 Å². The number of hydrogen-bond donors (Lipinski definition) is 2. The number of carboxylic acids is 1. The zero-order valence-corrected chi connectivity index (χ0v) is 16.1. The highest BCUT2D eigenvalue weighted by Crippen LogP contribution is 2.29. The molecule has 1 aromatic heterocycles. The Bertz CT molecular complexity index is 960. The minimum Gasteiger partial charge on any atom is -0.477 e. The third-order valence-corrected chi connectivity index (χ3v) is 4.90. The topological polar surface area (TPSA) is 63.5 Å². The minimum atomic E-state index is -0.902. The molecule has 0 amide bonds. The highest BCUT2D eigenvalue weighted by Gasteiger charge is 2.22. The molecule has 2 aromatic carbocycles. The molecule has 0 saturated carbocycles. The summed E-state index contributed by atoms with van der Waals surface area (Å²) in [7, 11) is 1.65. The van der Waals surface area contributed by atoms with Gasteiger partial charge in [0.15, 0.2) is 0 Å². The fourth-order valence-corrected chi connectivity index (χ4v) is 3.46. The van der Waals surface area contributed by atoms with E-state index in [-0.39, 0.29) is 0 Å². The number of nitrogens with one attached hydrogen (secondary N) is 1. The summed E-state index contributed by atoms with van der Waals surface area (Å²) in [5.41, 5.74) is 5.52. The molecule has 27 heavy (non-hydrogen) atoms. The van der Waals surface area contributed by atoms with Crippen LogP contribution in [0.2, 0.25) is 0 Å². The number of benzene rings is 2. The summed E-state index contributed by atoms with van der Waals surface area (Å²) < 4.78 is 7.00. The number of aromatic carboxylic acids is 1. The van der Waals surface area contributed by atoms with Gasteiger partial charge in [-0.05, 0) is 36.6 Å². The van der Waals surface area contributed by atoms with Crippen LogP contribution in [0.25, 0.3) is 10.9 Å². The van der Waals surface area contributed by atoms with Crippen molar-refractivity contribution in [3.05, 3.63) is 70.4 Å². The maximum Gasteiger partial charge on any atom is 0.352 e. The Balaban J connectivity index is 2.12.